The van der Waals surface area contributed by atoms with Gasteiger partial charge in [0.1, 0.15) is 0 Å². The lowest BCUT2D eigenvalue weighted by molar-refractivity contribution is 0.132. The Hall–Kier alpha value is -0.0800. The smallest absolute Gasteiger partial charge is 0.0226 e. The molecule has 0 radical (unpaired) electrons. The Balaban J connectivity index is 1.56. The minimum absolute atomic E-state index is 0.753. The second kappa shape index (κ2) is 2.96. The van der Waals surface area contributed by atoms with Crippen molar-refractivity contribution in [1.82, 2.24) is 10.2 Å². The van der Waals surface area contributed by atoms with E-state index in [1.807, 2.05) is 0 Å². The van der Waals surface area contributed by atoms with Gasteiger partial charge in [-0.1, -0.05) is 0 Å². The van der Waals surface area contributed by atoms with Crippen molar-refractivity contribution < 1.29 is 0 Å². The molecule has 2 saturated heterocycles. The summed E-state index contributed by atoms with van der Waals surface area (Å²) in [6.07, 6.45) is 4.46. The van der Waals surface area contributed by atoms with Gasteiger partial charge in [-0.2, -0.15) is 0 Å². The number of hydrogen-bond acceptors (Lipinski definition) is 2. The summed E-state index contributed by atoms with van der Waals surface area (Å²) in [6, 6.07) is 1.67. The molecule has 1 aliphatic carbocycles. The van der Waals surface area contributed by atoms with Crippen LogP contribution in [-0.2, 0) is 0 Å². The van der Waals surface area contributed by atoms with Crippen molar-refractivity contribution in [1.29, 1.82) is 0 Å². The van der Waals surface area contributed by atoms with Crippen LogP contribution in [0.25, 0.3) is 0 Å². The standard InChI is InChI=1S/C12H22N2/c1-9(2)14-5-3-12(4-6-14)7-10(12)11-8-13-11/h9-11,13H,3-8H2,1-2H3. The highest BCUT2D eigenvalue weighted by molar-refractivity contribution is 5.13. The highest BCUT2D eigenvalue weighted by atomic mass is 15.2. The Morgan fingerprint density at radius 3 is 2.43 bits per heavy atom. The van der Waals surface area contributed by atoms with Gasteiger partial charge < -0.3 is 10.2 Å². The van der Waals surface area contributed by atoms with Crippen LogP contribution in [-0.4, -0.2) is 36.6 Å². The number of rotatable bonds is 2. The highest BCUT2D eigenvalue weighted by Crippen LogP contribution is 2.62. The lowest BCUT2D eigenvalue weighted by atomic mass is 9.89. The van der Waals surface area contributed by atoms with Crippen LogP contribution >= 0.6 is 0 Å². The maximum Gasteiger partial charge on any atom is 0.0226 e. The van der Waals surface area contributed by atoms with E-state index < -0.39 is 0 Å². The fourth-order valence-electron chi connectivity index (χ4n) is 3.36. The first-order valence-corrected chi connectivity index (χ1v) is 6.19. The van der Waals surface area contributed by atoms with Crippen molar-refractivity contribution in [3.05, 3.63) is 0 Å². The lowest BCUT2D eigenvalue weighted by Crippen LogP contribution is -2.39. The van der Waals surface area contributed by atoms with E-state index in [9.17, 15) is 0 Å². The molecule has 0 aromatic rings. The number of hydrogen-bond donors (Lipinski definition) is 1. The van der Waals surface area contributed by atoms with Crippen molar-refractivity contribution in [3.63, 3.8) is 0 Å². The molecule has 1 spiro atoms. The van der Waals surface area contributed by atoms with Crippen molar-refractivity contribution in [2.45, 2.75) is 45.2 Å². The summed E-state index contributed by atoms with van der Waals surface area (Å²) in [6.45, 7) is 8.65. The molecule has 1 N–H and O–H groups in total. The minimum Gasteiger partial charge on any atom is -0.311 e. The van der Waals surface area contributed by atoms with E-state index in [-0.39, 0.29) is 0 Å². The van der Waals surface area contributed by atoms with Crippen LogP contribution < -0.4 is 5.32 Å². The fourth-order valence-corrected chi connectivity index (χ4v) is 3.36. The first-order valence-electron chi connectivity index (χ1n) is 6.19. The van der Waals surface area contributed by atoms with Crippen LogP contribution in [0.4, 0.5) is 0 Å². The third-order valence-electron chi connectivity index (χ3n) is 4.70. The van der Waals surface area contributed by atoms with Gasteiger partial charge in [0.2, 0.25) is 0 Å². The molecule has 3 rings (SSSR count). The van der Waals surface area contributed by atoms with E-state index in [0.717, 1.165) is 23.4 Å². The summed E-state index contributed by atoms with van der Waals surface area (Å²) in [4.78, 5) is 2.64. The Kier molecular flexibility index (Phi) is 1.94. The Labute approximate surface area is 87.0 Å². The van der Waals surface area contributed by atoms with Crippen LogP contribution in [0.5, 0.6) is 0 Å². The first kappa shape index (κ1) is 9.17. The van der Waals surface area contributed by atoms with Crippen molar-refractivity contribution >= 4 is 0 Å². The van der Waals surface area contributed by atoms with E-state index in [4.69, 9.17) is 0 Å². The topological polar surface area (TPSA) is 25.2 Å². The van der Waals surface area contributed by atoms with Crippen LogP contribution in [0.3, 0.4) is 0 Å². The number of likely N-dealkylation sites (tertiary alicyclic amines) is 1. The normalized spacial score (nSPS) is 40.5. The van der Waals surface area contributed by atoms with E-state index in [1.165, 1.54) is 38.9 Å². The summed E-state index contributed by atoms with van der Waals surface area (Å²) in [7, 11) is 0. The van der Waals surface area contributed by atoms with Crippen LogP contribution in [0.15, 0.2) is 0 Å². The summed E-state index contributed by atoms with van der Waals surface area (Å²) >= 11 is 0. The average molecular weight is 194 g/mol. The maximum atomic E-state index is 3.49. The van der Waals surface area contributed by atoms with E-state index in [2.05, 4.69) is 24.1 Å². The maximum absolute atomic E-state index is 3.49. The van der Waals surface area contributed by atoms with Crippen molar-refractivity contribution in [3.8, 4) is 0 Å². The molecule has 2 heteroatoms. The molecule has 0 amide bonds. The van der Waals surface area contributed by atoms with Crippen LogP contribution in [0.2, 0.25) is 0 Å². The molecular weight excluding hydrogens is 172 g/mol. The lowest BCUT2D eigenvalue weighted by Gasteiger charge is -2.35. The minimum atomic E-state index is 0.753. The summed E-state index contributed by atoms with van der Waals surface area (Å²) < 4.78 is 0. The van der Waals surface area contributed by atoms with Gasteiger partial charge in [0.25, 0.3) is 0 Å². The molecule has 2 atom stereocenters. The molecule has 2 nitrogen and oxygen atoms in total. The monoisotopic (exact) mass is 194 g/mol. The SMILES string of the molecule is CC(C)N1CCC2(CC1)CC2C1CN1. The third-order valence-corrected chi connectivity index (χ3v) is 4.70. The molecule has 3 fully saturated rings. The molecule has 0 aromatic heterocycles. The Morgan fingerprint density at radius 2 is 1.93 bits per heavy atom. The van der Waals surface area contributed by atoms with Gasteiger partial charge >= 0.3 is 0 Å². The molecule has 2 aliphatic heterocycles. The quantitative estimate of drug-likeness (QED) is 0.673. The zero-order chi connectivity index (χ0) is 9.76. The third kappa shape index (κ3) is 1.40. The molecule has 2 heterocycles. The van der Waals surface area contributed by atoms with Crippen LogP contribution in [0, 0.1) is 11.3 Å². The molecule has 80 valence electrons. The molecule has 1 saturated carbocycles. The average Bonchev–Trinajstić information content (AvgIpc) is 3.00. The van der Waals surface area contributed by atoms with Crippen LogP contribution in [0.1, 0.15) is 33.1 Å². The van der Waals surface area contributed by atoms with E-state index in [1.54, 1.807) is 0 Å². The van der Waals surface area contributed by atoms with Gasteiger partial charge in [-0.05, 0) is 57.5 Å². The predicted molar refractivity (Wildman–Crippen MR) is 58.3 cm³/mol. The van der Waals surface area contributed by atoms with E-state index in [0.29, 0.717) is 0 Å². The molecule has 0 aromatic carbocycles. The molecular formula is C12H22N2. The predicted octanol–water partition coefficient (Wildman–Crippen LogP) is 1.47. The highest BCUT2D eigenvalue weighted by Gasteiger charge is 2.59. The van der Waals surface area contributed by atoms with Gasteiger partial charge in [-0.15, -0.1) is 0 Å². The number of nitrogens with one attached hydrogen (secondary N) is 1. The molecule has 3 aliphatic rings. The van der Waals surface area contributed by atoms with Gasteiger partial charge in [0, 0.05) is 18.6 Å². The van der Waals surface area contributed by atoms with Gasteiger partial charge in [0.15, 0.2) is 0 Å². The second-order valence-electron chi connectivity index (χ2n) is 5.82. The molecule has 2 unspecified atom stereocenters. The van der Waals surface area contributed by atoms with Gasteiger partial charge in [0.05, 0.1) is 0 Å². The zero-order valence-electron chi connectivity index (χ0n) is 9.42. The van der Waals surface area contributed by atoms with E-state index >= 15 is 0 Å². The van der Waals surface area contributed by atoms with Gasteiger partial charge in [-0.25, -0.2) is 0 Å². The molecule has 14 heavy (non-hydrogen) atoms. The first-order chi connectivity index (χ1) is 6.71. The fraction of sp³-hybridized carbons (Fsp3) is 1.00. The summed E-state index contributed by atoms with van der Waals surface area (Å²) in [5.74, 6) is 1.05. The Morgan fingerprint density at radius 1 is 1.29 bits per heavy atom. The summed E-state index contributed by atoms with van der Waals surface area (Å²) in [5.41, 5.74) is 0.791. The Bertz CT molecular complexity index is 224. The molecule has 0 bridgehead atoms. The van der Waals surface area contributed by atoms with Gasteiger partial charge in [-0.3, -0.25) is 0 Å². The number of nitrogens with zero attached hydrogens (tertiary/aromatic N) is 1. The number of piperidine rings is 1. The summed E-state index contributed by atoms with van der Waals surface area (Å²) in [5, 5.41) is 3.49. The van der Waals surface area contributed by atoms with Crippen molar-refractivity contribution in [2.24, 2.45) is 11.3 Å². The van der Waals surface area contributed by atoms with Crippen molar-refractivity contribution in [2.75, 3.05) is 19.6 Å². The largest absolute Gasteiger partial charge is 0.311 e. The second-order valence-corrected chi connectivity index (χ2v) is 5.82. The zero-order valence-corrected chi connectivity index (χ0v) is 9.42.